The second-order valence-corrected chi connectivity index (χ2v) is 7.66. The SMILES string of the molecule is CCOC(=O)C(NC(=O)OCC1c2ccccc2-c2ccccc21)C(=O)N[C@@H](C)CC(=O)O. The van der Waals surface area contributed by atoms with Gasteiger partial charge in [-0.2, -0.15) is 0 Å². The van der Waals surface area contributed by atoms with Crippen molar-refractivity contribution in [2.24, 2.45) is 0 Å². The van der Waals surface area contributed by atoms with E-state index in [-0.39, 0.29) is 25.6 Å². The van der Waals surface area contributed by atoms with Crippen LogP contribution in [0.5, 0.6) is 0 Å². The molecule has 0 radical (unpaired) electrons. The van der Waals surface area contributed by atoms with Crippen molar-refractivity contribution in [3.05, 3.63) is 59.7 Å². The first-order valence-corrected chi connectivity index (χ1v) is 10.6. The second-order valence-electron chi connectivity index (χ2n) is 7.66. The van der Waals surface area contributed by atoms with Gasteiger partial charge in [0, 0.05) is 12.0 Å². The number of ether oxygens (including phenoxy) is 2. The number of hydrogen-bond acceptors (Lipinski definition) is 6. The molecule has 33 heavy (non-hydrogen) atoms. The van der Waals surface area contributed by atoms with Crippen LogP contribution in [0.2, 0.25) is 0 Å². The number of carboxylic acid groups (broad SMARTS) is 1. The maximum absolute atomic E-state index is 12.5. The molecule has 3 rings (SSSR count). The van der Waals surface area contributed by atoms with Gasteiger partial charge >= 0.3 is 18.0 Å². The number of nitrogens with one attached hydrogen (secondary N) is 2. The Kier molecular flexibility index (Phi) is 7.66. The first-order chi connectivity index (χ1) is 15.8. The van der Waals surface area contributed by atoms with Crippen molar-refractivity contribution in [3.8, 4) is 11.1 Å². The normalized spacial score (nSPS) is 13.8. The van der Waals surface area contributed by atoms with Crippen molar-refractivity contribution in [2.45, 2.75) is 38.3 Å². The Labute approximate surface area is 191 Å². The number of aliphatic carboxylic acids is 1. The van der Waals surface area contributed by atoms with Crippen LogP contribution in [0, 0.1) is 0 Å². The molecule has 174 valence electrons. The van der Waals surface area contributed by atoms with Gasteiger partial charge in [-0.3, -0.25) is 14.9 Å². The molecule has 1 aliphatic rings. The summed E-state index contributed by atoms with van der Waals surface area (Å²) < 4.78 is 10.3. The molecule has 2 atom stereocenters. The molecule has 0 bridgehead atoms. The number of carbonyl (C=O) groups is 4. The van der Waals surface area contributed by atoms with E-state index in [1.54, 1.807) is 6.92 Å². The number of rotatable bonds is 9. The van der Waals surface area contributed by atoms with E-state index in [0.717, 1.165) is 22.3 Å². The van der Waals surface area contributed by atoms with Crippen LogP contribution >= 0.6 is 0 Å². The van der Waals surface area contributed by atoms with E-state index in [4.69, 9.17) is 14.6 Å². The van der Waals surface area contributed by atoms with Gasteiger partial charge in [0.05, 0.1) is 13.0 Å². The molecule has 0 saturated heterocycles. The van der Waals surface area contributed by atoms with Gasteiger partial charge in [-0.25, -0.2) is 9.59 Å². The summed E-state index contributed by atoms with van der Waals surface area (Å²) in [5.41, 5.74) is 4.18. The quantitative estimate of drug-likeness (QED) is 0.392. The number of carboxylic acids is 1. The minimum Gasteiger partial charge on any atom is -0.481 e. The minimum atomic E-state index is -1.67. The molecule has 1 aliphatic carbocycles. The van der Waals surface area contributed by atoms with Crippen molar-refractivity contribution in [2.75, 3.05) is 13.2 Å². The van der Waals surface area contributed by atoms with Gasteiger partial charge in [0.15, 0.2) is 0 Å². The predicted octanol–water partition coefficient (Wildman–Crippen LogP) is 2.44. The highest BCUT2D eigenvalue weighted by Crippen LogP contribution is 2.44. The third-order valence-electron chi connectivity index (χ3n) is 5.26. The molecule has 9 nitrogen and oxygen atoms in total. The van der Waals surface area contributed by atoms with Gasteiger partial charge in [-0.1, -0.05) is 48.5 Å². The van der Waals surface area contributed by atoms with E-state index in [1.807, 2.05) is 48.5 Å². The number of carbonyl (C=O) groups excluding carboxylic acids is 3. The first-order valence-electron chi connectivity index (χ1n) is 10.6. The fraction of sp³-hybridized carbons (Fsp3) is 0.333. The van der Waals surface area contributed by atoms with Crippen molar-refractivity contribution in [1.82, 2.24) is 10.6 Å². The molecule has 2 aromatic rings. The maximum Gasteiger partial charge on any atom is 0.408 e. The summed E-state index contributed by atoms with van der Waals surface area (Å²) in [6, 6.07) is 13.3. The Hall–Kier alpha value is -3.88. The minimum absolute atomic E-state index is 0.000335. The summed E-state index contributed by atoms with van der Waals surface area (Å²) in [6.07, 6.45) is -1.30. The molecule has 0 saturated carbocycles. The second kappa shape index (κ2) is 10.6. The van der Waals surface area contributed by atoms with E-state index >= 15 is 0 Å². The van der Waals surface area contributed by atoms with Gasteiger partial charge in [0.2, 0.25) is 6.04 Å². The zero-order valence-corrected chi connectivity index (χ0v) is 18.4. The standard InChI is InChI=1S/C24H26N2O7/c1-3-32-23(30)21(22(29)25-14(2)12-20(27)28)26-24(31)33-13-19-17-10-6-4-8-15(17)16-9-5-7-11-18(16)19/h4-11,14,19,21H,3,12-13H2,1-2H3,(H,25,29)(H,26,31)(H,27,28)/t14-,21?/m0/s1. The fourth-order valence-electron chi connectivity index (χ4n) is 3.85. The molecule has 0 spiro atoms. The van der Waals surface area contributed by atoms with E-state index in [1.165, 1.54) is 6.92 Å². The van der Waals surface area contributed by atoms with Crippen molar-refractivity contribution >= 4 is 23.9 Å². The Morgan fingerprint density at radius 1 is 0.939 bits per heavy atom. The molecule has 3 N–H and O–H groups in total. The van der Waals surface area contributed by atoms with Crippen molar-refractivity contribution in [1.29, 1.82) is 0 Å². The van der Waals surface area contributed by atoms with Crippen LogP contribution in [-0.2, 0) is 23.9 Å². The zero-order chi connectivity index (χ0) is 24.0. The Morgan fingerprint density at radius 2 is 1.52 bits per heavy atom. The number of amides is 2. The zero-order valence-electron chi connectivity index (χ0n) is 18.4. The van der Waals surface area contributed by atoms with Gasteiger partial charge in [-0.05, 0) is 36.1 Å². The molecule has 0 aliphatic heterocycles. The molecule has 2 aromatic carbocycles. The third kappa shape index (κ3) is 5.68. The van der Waals surface area contributed by atoms with E-state index in [0.29, 0.717) is 0 Å². The van der Waals surface area contributed by atoms with Crippen molar-refractivity contribution < 1.29 is 33.8 Å². The molecular weight excluding hydrogens is 428 g/mol. The summed E-state index contributed by atoms with van der Waals surface area (Å²) in [7, 11) is 0. The smallest absolute Gasteiger partial charge is 0.408 e. The lowest BCUT2D eigenvalue weighted by atomic mass is 9.98. The number of fused-ring (bicyclic) bond motifs is 3. The summed E-state index contributed by atoms with van der Waals surface area (Å²) in [6.45, 7) is 3.04. The Morgan fingerprint density at radius 3 is 2.06 bits per heavy atom. The van der Waals surface area contributed by atoms with E-state index in [2.05, 4.69) is 10.6 Å². The average Bonchev–Trinajstić information content (AvgIpc) is 3.09. The molecule has 2 amide bonds. The van der Waals surface area contributed by atoms with Crippen molar-refractivity contribution in [3.63, 3.8) is 0 Å². The van der Waals surface area contributed by atoms with Gasteiger partial charge in [0.1, 0.15) is 6.61 Å². The van der Waals surface area contributed by atoms with Gasteiger partial charge in [-0.15, -0.1) is 0 Å². The fourth-order valence-corrected chi connectivity index (χ4v) is 3.85. The highest BCUT2D eigenvalue weighted by atomic mass is 16.6. The number of alkyl carbamates (subject to hydrolysis) is 1. The van der Waals surface area contributed by atoms with Crippen LogP contribution in [0.25, 0.3) is 11.1 Å². The lowest BCUT2D eigenvalue weighted by Crippen LogP contribution is -2.54. The van der Waals surface area contributed by atoms with Gasteiger partial charge in [0.25, 0.3) is 5.91 Å². The summed E-state index contributed by atoms with van der Waals surface area (Å²) in [5, 5.41) is 13.5. The van der Waals surface area contributed by atoms with E-state index < -0.39 is 36.0 Å². The Bertz CT molecular complexity index is 1010. The molecule has 0 heterocycles. The largest absolute Gasteiger partial charge is 0.481 e. The average molecular weight is 454 g/mol. The van der Waals surface area contributed by atoms with E-state index in [9.17, 15) is 19.2 Å². The van der Waals surface area contributed by atoms with Crippen LogP contribution in [0.1, 0.15) is 37.3 Å². The maximum atomic E-state index is 12.5. The Balaban J connectivity index is 1.67. The summed E-state index contributed by atoms with van der Waals surface area (Å²) in [5.74, 6) is -3.14. The number of benzene rings is 2. The molecular formula is C24H26N2O7. The van der Waals surface area contributed by atoms with Crippen LogP contribution in [0.3, 0.4) is 0 Å². The molecule has 0 fully saturated rings. The van der Waals surface area contributed by atoms with Crippen LogP contribution in [0.15, 0.2) is 48.5 Å². The highest BCUT2D eigenvalue weighted by molar-refractivity contribution is 6.04. The van der Waals surface area contributed by atoms with Crippen LogP contribution in [-0.4, -0.2) is 54.3 Å². The monoisotopic (exact) mass is 454 g/mol. The van der Waals surface area contributed by atoms with Gasteiger partial charge < -0.3 is 19.9 Å². The summed E-state index contributed by atoms with van der Waals surface area (Å²) >= 11 is 0. The highest BCUT2D eigenvalue weighted by Gasteiger charge is 2.33. The first kappa shape index (κ1) is 23.8. The summed E-state index contributed by atoms with van der Waals surface area (Å²) in [4.78, 5) is 48.1. The number of esters is 1. The lowest BCUT2D eigenvalue weighted by Gasteiger charge is -2.20. The van der Waals surface area contributed by atoms with Crippen LogP contribution < -0.4 is 10.6 Å². The van der Waals surface area contributed by atoms with Crippen LogP contribution in [0.4, 0.5) is 4.79 Å². The third-order valence-corrected chi connectivity index (χ3v) is 5.26. The molecule has 9 heteroatoms. The predicted molar refractivity (Wildman–Crippen MR) is 118 cm³/mol. The molecule has 1 unspecified atom stereocenters. The lowest BCUT2D eigenvalue weighted by molar-refractivity contribution is -0.149. The molecule has 0 aromatic heterocycles. The number of hydrogen-bond donors (Lipinski definition) is 3. The topological polar surface area (TPSA) is 131 Å².